The van der Waals surface area contributed by atoms with Gasteiger partial charge >= 0.3 is 0 Å². The molecule has 0 spiro atoms. The molecule has 28 heavy (non-hydrogen) atoms. The van der Waals surface area contributed by atoms with E-state index < -0.39 is 0 Å². The van der Waals surface area contributed by atoms with Gasteiger partial charge in [0.2, 0.25) is 0 Å². The second kappa shape index (κ2) is 9.14. The van der Waals surface area contributed by atoms with Crippen LogP contribution in [0, 0.1) is 0 Å². The van der Waals surface area contributed by atoms with E-state index in [9.17, 15) is 14.4 Å². The molecule has 1 aromatic carbocycles. The summed E-state index contributed by atoms with van der Waals surface area (Å²) in [7, 11) is 0. The number of halogens is 2. The van der Waals surface area contributed by atoms with Crippen molar-refractivity contribution in [3.8, 4) is 0 Å². The predicted molar refractivity (Wildman–Crippen MR) is 108 cm³/mol. The number of hydrogen-bond acceptors (Lipinski definition) is 5. The summed E-state index contributed by atoms with van der Waals surface area (Å²) < 4.78 is 0. The zero-order valence-electron chi connectivity index (χ0n) is 15.0. The fraction of sp³-hybridized carbons (Fsp3) is 0.263. The van der Waals surface area contributed by atoms with E-state index in [1.54, 1.807) is 47.6 Å². The number of nitrogens with zero attached hydrogens (tertiary/aromatic N) is 3. The van der Waals surface area contributed by atoms with Crippen LogP contribution in [0.25, 0.3) is 0 Å². The quantitative estimate of drug-likeness (QED) is 0.761. The maximum Gasteiger partial charge on any atom is 0.261 e. The molecular weight excluding hydrogens is 403 g/mol. The minimum absolute atomic E-state index is 0. The van der Waals surface area contributed by atoms with Gasteiger partial charge in [-0.15, -0.1) is 24.8 Å². The van der Waals surface area contributed by atoms with Gasteiger partial charge in [-0.2, -0.15) is 0 Å². The molecule has 0 atom stereocenters. The zero-order valence-corrected chi connectivity index (χ0v) is 16.6. The summed E-state index contributed by atoms with van der Waals surface area (Å²) in [5.74, 6) is -0.804. The first-order chi connectivity index (χ1) is 12.6. The number of carbonyl (C=O) groups is 3. The highest BCUT2D eigenvalue weighted by Crippen LogP contribution is 2.26. The van der Waals surface area contributed by atoms with Crippen LogP contribution in [0.2, 0.25) is 0 Å². The van der Waals surface area contributed by atoms with Gasteiger partial charge in [-0.05, 0) is 35.9 Å². The van der Waals surface area contributed by atoms with Crippen molar-refractivity contribution in [3.05, 3.63) is 65.0 Å². The molecule has 1 N–H and O–H groups in total. The average molecular weight is 423 g/mol. The van der Waals surface area contributed by atoms with Gasteiger partial charge in [0.1, 0.15) is 0 Å². The van der Waals surface area contributed by atoms with Crippen molar-refractivity contribution in [1.29, 1.82) is 0 Å². The van der Waals surface area contributed by atoms with Gasteiger partial charge in [0, 0.05) is 44.1 Å². The number of pyridine rings is 1. The summed E-state index contributed by atoms with van der Waals surface area (Å²) in [6.45, 7) is 2.98. The van der Waals surface area contributed by atoms with Crippen LogP contribution in [0.15, 0.2) is 42.7 Å². The SMILES string of the molecule is Cl.Cl.O=C(c1ccc2c(c1)C(=O)N(Cc1ccncc1)C2=O)N1CCNCC1. The summed E-state index contributed by atoms with van der Waals surface area (Å²) in [6, 6.07) is 8.29. The summed E-state index contributed by atoms with van der Waals surface area (Å²) >= 11 is 0. The number of carbonyl (C=O) groups excluding carboxylic acids is 3. The number of fused-ring (bicyclic) bond motifs is 1. The van der Waals surface area contributed by atoms with Crippen molar-refractivity contribution in [3.63, 3.8) is 0 Å². The van der Waals surface area contributed by atoms with E-state index in [0.717, 1.165) is 18.7 Å². The Balaban J connectivity index is 0.00000140. The van der Waals surface area contributed by atoms with Gasteiger partial charge in [0.25, 0.3) is 17.7 Å². The van der Waals surface area contributed by atoms with Gasteiger partial charge < -0.3 is 10.2 Å². The van der Waals surface area contributed by atoms with E-state index in [0.29, 0.717) is 29.8 Å². The molecule has 0 saturated carbocycles. The van der Waals surface area contributed by atoms with Crippen LogP contribution in [-0.2, 0) is 6.54 Å². The number of benzene rings is 1. The summed E-state index contributed by atoms with van der Waals surface area (Å²) in [5.41, 5.74) is 1.91. The van der Waals surface area contributed by atoms with Crippen LogP contribution in [0.5, 0.6) is 0 Å². The standard InChI is InChI=1S/C19H18N4O3.2ClH/c24-17(22-9-7-21-8-10-22)14-1-2-15-16(11-14)19(26)23(18(15)25)12-13-3-5-20-6-4-13;;/h1-6,11,21H,7-10,12H2;2*1H. The monoisotopic (exact) mass is 422 g/mol. The van der Waals surface area contributed by atoms with Gasteiger partial charge in [-0.25, -0.2) is 0 Å². The molecule has 2 aromatic rings. The topological polar surface area (TPSA) is 82.6 Å². The normalized spacial score (nSPS) is 15.6. The highest BCUT2D eigenvalue weighted by molar-refractivity contribution is 6.22. The Bertz CT molecular complexity index is 886. The zero-order chi connectivity index (χ0) is 18.1. The fourth-order valence-electron chi connectivity index (χ4n) is 3.29. The number of nitrogens with one attached hydrogen (secondary N) is 1. The third kappa shape index (κ3) is 4.01. The first-order valence-electron chi connectivity index (χ1n) is 8.54. The largest absolute Gasteiger partial charge is 0.336 e. The average Bonchev–Trinajstić information content (AvgIpc) is 2.93. The Kier molecular flexibility index (Phi) is 7.12. The van der Waals surface area contributed by atoms with Crippen LogP contribution < -0.4 is 5.32 Å². The number of amides is 3. The van der Waals surface area contributed by atoms with E-state index in [2.05, 4.69) is 10.3 Å². The van der Waals surface area contributed by atoms with Crippen LogP contribution in [0.3, 0.4) is 0 Å². The molecule has 3 heterocycles. The third-order valence-electron chi connectivity index (χ3n) is 4.71. The Morgan fingerprint density at radius 2 is 1.61 bits per heavy atom. The molecule has 0 unspecified atom stereocenters. The third-order valence-corrected chi connectivity index (χ3v) is 4.71. The lowest BCUT2D eigenvalue weighted by atomic mass is 10.0. The number of imide groups is 1. The summed E-state index contributed by atoms with van der Waals surface area (Å²) in [4.78, 5) is 44.8. The van der Waals surface area contributed by atoms with Gasteiger partial charge in [-0.3, -0.25) is 24.3 Å². The van der Waals surface area contributed by atoms with Crippen molar-refractivity contribution >= 4 is 42.5 Å². The summed E-state index contributed by atoms with van der Waals surface area (Å²) in [6.07, 6.45) is 3.25. The summed E-state index contributed by atoms with van der Waals surface area (Å²) in [5, 5.41) is 3.20. The Labute approximate surface area is 174 Å². The molecule has 2 aliphatic heterocycles. The second-order valence-corrected chi connectivity index (χ2v) is 6.35. The van der Waals surface area contributed by atoms with E-state index in [4.69, 9.17) is 0 Å². The molecule has 1 aromatic heterocycles. The van der Waals surface area contributed by atoms with Crippen LogP contribution in [0.4, 0.5) is 0 Å². The molecule has 0 radical (unpaired) electrons. The van der Waals surface area contributed by atoms with E-state index >= 15 is 0 Å². The molecule has 3 amide bonds. The molecule has 2 aliphatic rings. The van der Waals surface area contributed by atoms with Crippen molar-refractivity contribution in [1.82, 2.24) is 20.1 Å². The number of rotatable bonds is 3. The van der Waals surface area contributed by atoms with E-state index in [1.165, 1.54) is 4.90 Å². The van der Waals surface area contributed by atoms with Crippen molar-refractivity contribution in [2.45, 2.75) is 6.54 Å². The minimum Gasteiger partial charge on any atom is -0.336 e. The molecule has 1 fully saturated rings. The molecule has 7 nitrogen and oxygen atoms in total. The van der Waals surface area contributed by atoms with Crippen LogP contribution in [0.1, 0.15) is 36.6 Å². The maximum absolute atomic E-state index is 12.7. The Hall–Kier alpha value is -2.48. The highest BCUT2D eigenvalue weighted by Gasteiger charge is 2.36. The molecule has 1 saturated heterocycles. The molecule has 0 aliphatic carbocycles. The first-order valence-corrected chi connectivity index (χ1v) is 8.54. The van der Waals surface area contributed by atoms with Crippen LogP contribution in [-0.4, -0.2) is 58.7 Å². The maximum atomic E-state index is 12.7. The lowest BCUT2D eigenvalue weighted by Gasteiger charge is -2.27. The molecule has 4 rings (SSSR count). The molecule has 148 valence electrons. The van der Waals surface area contributed by atoms with Crippen molar-refractivity contribution in [2.75, 3.05) is 26.2 Å². The number of aromatic nitrogens is 1. The molecule has 9 heteroatoms. The predicted octanol–water partition coefficient (Wildman–Crippen LogP) is 1.77. The lowest BCUT2D eigenvalue weighted by molar-refractivity contribution is 0.0641. The lowest BCUT2D eigenvalue weighted by Crippen LogP contribution is -2.46. The van der Waals surface area contributed by atoms with Crippen LogP contribution >= 0.6 is 24.8 Å². The fourth-order valence-corrected chi connectivity index (χ4v) is 3.29. The smallest absolute Gasteiger partial charge is 0.261 e. The van der Waals surface area contributed by atoms with Crippen molar-refractivity contribution < 1.29 is 14.4 Å². The molecular formula is C19H20Cl2N4O3. The van der Waals surface area contributed by atoms with Gasteiger partial charge in [0.15, 0.2) is 0 Å². The second-order valence-electron chi connectivity index (χ2n) is 6.35. The van der Waals surface area contributed by atoms with E-state index in [1.807, 2.05) is 0 Å². The van der Waals surface area contributed by atoms with Gasteiger partial charge in [0.05, 0.1) is 17.7 Å². The van der Waals surface area contributed by atoms with Crippen molar-refractivity contribution in [2.24, 2.45) is 0 Å². The Morgan fingerprint density at radius 1 is 0.964 bits per heavy atom. The molecule has 0 bridgehead atoms. The van der Waals surface area contributed by atoms with Gasteiger partial charge in [-0.1, -0.05) is 0 Å². The highest BCUT2D eigenvalue weighted by atomic mass is 35.5. The number of hydrogen-bond donors (Lipinski definition) is 1. The van der Waals surface area contributed by atoms with E-state index in [-0.39, 0.29) is 49.1 Å². The first kappa shape index (κ1) is 21.8. The minimum atomic E-state index is -0.364. The number of piperazine rings is 1. The Morgan fingerprint density at radius 3 is 2.29 bits per heavy atom.